The van der Waals surface area contributed by atoms with E-state index >= 15 is 0 Å². The first-order valence-electron chi connectivity index (χ1n) is 5.16. The van der Waals surface area contributed by atoms with Crippen molar-refractivity contribution in [2.45, 2.75) is 26.2 Å². The van der Waals surface area contributed by atoms with Crippen LogP contribution in [0.4, 0.5) is 0 Å². The van der Waals surface area contributed by atoms with E-state index in [0.717, 1.165) is 0 Å². The molecule has 0 aliphatic carbocycles. The number of hydrogen-bond donors (Lipinski definition) is 0. The molecular formula is C12H16O2Si. The molecule has 0 fully saturated rings. The molecule has 1 aromatic carbocycles. The number of hydrogen-bond acceptors (Lipinski definition) is 2. The molecule has 0 N–H and O–H groups in total. The van der Waals surface area contributed by atoms with Gasteiger partial charge in [-0.1, -0.05) is 24.3 Å². The summed E-state index contributed by atoms with van der Waals surface area (Å²) in [4.78, 5) is 0. The Balaban J connectivity index is 2.22. The van der Waals surface area contributed by atoms with E-state index in [1.165, 1.54) is 11.1 Å². The van der Waals surface area contributed by atoms with Crippen LogP contribution in [-0.4, -0.2) is 8.32 Å². The van der Waals surface area contributed by atoms with E-state index in [9.17, 15) is 0 Å². The van der Waals surface area contributed by atoms with Crippen LogP contribution in [0.3, 0.4) is 0 Å². The topological polar surface area (TPSA) is 18.5 Å². The van der Waals surface area contributed by atoms with Crippen LogP contribution in [0.2, 0.25) is 19.6 Å². The molecule has 1 aromatic rings. The molecule has 0 saturated heterocycles. The summed E-state index contributed by atoms with van der Waals surface area (Å²) in [6.45, 7) is 7.07. The summed E-state index contributed by atoms with van der Waals surface area (Å²) in [5, 5.41) is 0. The van der Waals surface area contributed by atoms with Crippen molar-refractivity contribution < 1.29 is 9.16 Å². The maximum Gasteiger partial charge on any atom is 0.266 e. The van der Waals surface area contributed by atoms with Gasteiger partial charge in [0.1, 0.15) is 6.61 Å². The summed E-state index contributed by atoms with van der Waals surface area (Å²) in [7, 11) is -1.56. The van der Waals surface area contributed by atoms with E-state index in [4.69, 9.17) is 9.16 Å². The van der Waals surface area contributed by atoms with Crippen molar-refractivity contribution in [3.63, 3.8) is 0 Å². The normalized spacial score (nSPS) is 15.0. The van der Waals surface area contributed by atoms with Gasteiger partial charge in [0.2, 0.25) is 8.32 Å². The van der Waals surface area contributed by atoms with E-state index in [1.807, 2.05) is 18.2 Å². The van der Waals surface area contributed by atoms with Crippen LogP contribution in [0.5, 0.6) is 0 Å². The highest BCUT2D eigenvalue weighted by molar-refractivity contribution is 6.70. The molecule has 2 nitrogen and oxygen atoms in total. The Labute approximate surface area is 91.7 Å². The van der Waals surface area contributed by atoms with Crippen LogP contribution in [0.25, 0.3) is 6.08 Å². The number of rotatable bonds is 2. The molecule has 1 aliphatic rings. The maximum absolute atomic E-state index is 5.81. The minimum Gasteiger partial charge on any atom is -0.520 e. The summed E-state index contributed by atoms with van der Waals surface area (Å²) in [5.74, 6) is 0.674. The molecule has 1 heterocycles. The highest BCUT2D eigenvalue weighted by atomic mass is 28.4. The third-order valence-electron chi connectivity index (χ3n) is 2.11. The number of fused-ring (bicyclic) bond motifs is 1. The lowest BCUT2D eigenvalue weighted by Gasteiger charge is -2.24. The summed E-state index contributed by atoms with van der Waals surface area (Å²) in [5.41, 5.74) is 2.43. The van der Waals surface area contributed by atoms with Crippen molar-refractivity contribution in [3.05, 3.63) is 41.3 Å². The largest absolute Gasteiger partial charge is 0.520 e. The van der Waals surface area contributed by atoms with E-state index < -0.39 is 8.32 Å². The Bertz CT molecular complexity index is 391. The van der Waals surface area contributed by atoms with Crippen LogP contribution in [-0.2, 0) is 15.8 Å². The van der Waals surface area contributed by atoms with Crippen LogP contribution in [0.15, 0.2) is 30.2 Å². The van der Waals surface area contributed by atoms with Crippen molar-refractivity contribution >= 4 is 14.4 Å². The first-order chi connectivity index (χ1) is 7.04. The fraction of sp³-hybridized carbons (Fsp3) is 0.333. The fourth-order valence-electron chi connectivity index (χ4n) is 1.48. The molecule has 0 amide bonds. The van der Waals surface area contributed by atoms with Gasteiger partial charge in [-0.25, -0.2) is 0 Å². The molecule has 0 unspecified atom stereocenters. The molecule has 15 heavy (non-hydrogen) atoms. The Morgan fingerprint density at radius 1 is 1.20 bits per heavy atom. The van der Waals surface area contributed by atoms with Crippen molar-refractivity contribution in [2.75, 3.05) is 0 Å². The van der Waals surface area contributed by atoms with Crippen molar-refractivity contribution in [2.24, 2.45) is 0 Å². The first kappa shape index (κ1) is 10.3. The molecule has 80 valence electrons. The smallest absolute Gasteiger partial charge is 0.266 e. The molecule has 2 rings (SSSR count). The standard InChI is InChI=1S/C12H16O2Si/c1-15(2,3)14-12-8-10-6-4-5-7-11(10)9-13-12/h4-8H,9H2,1-3H3. The van der Waals surface area contributed by atoms with Gasteiger partial charge in [-0.15, -0.1) is 0 Å². The number of benzene rings is 1. The van der Waals surface area contributed by atoms with Crippen LogP contribution < -0.4 is 0 Å². The molecular weight excluding hydrogens is 204 g/mol. The zero-order valence-electron chi connectivity index (χ0n) is 9.41. The summed E-state index contributed by atoms with van der Waals surface area (Å²) in [6.07, 6.45) is 1.98. The second-order valence-electron chi connectivity index (χ2n) is 4.67. The average molecular weight is 220 g/mol. The third-order valence-corrected chi connectivity index (χ3v) is 2.92. The van der Waals surface area contributed by atoms with Crippen LogP contribution >= 0.6 is 0 Å². The van der Waals surface area contributed by atoms with Gasteiger partial charge in [0.25, 0.3) is 5.95 Å². The molecule has 3 heteroatoms. The van der Waals surface area contributed by atoms with Gasteiger partial charge in [0.05, 0.1) is 0 Å². The minimum atomic E-state index is -1.56. The van der Waals surface area contributed by atoms with Gasteiger partial charge in [0, 0.05) is 6.08 Å². The van der Waals surface area contributed by atoms with Crippen LogP contribution in [0, 0.1) is 0 Å². The highest BCUT2D eigenvalue weighted by Crippen LogP contribution is 2.24. The van der Waals surface area contributed by atoms with Crippen molar-refractivity contribution in [1.82, 2.24) is 0 Å². The van der Waals surface area contributed by atoms with Gasteiger partial charge in [-0.05, 0) is 30.8 Å². The summed E-state index contributed by atoms with van der Waals surface area (Å²) < 4.78 is 11.4. The quantitative estimate of drug-likeness (QED) is 0.711. The van der Waals surface area contributed by atoms with Gasteiger partial charge in [0.15, 0.2) is 0 Å². The average Bonchev–Trinajstić information content (AvgIpc) is 2.15. The van der Waals surface area contributed by atoms with Crippen LogP contribution in [0.1, 0.15) is 11.1 Å². The predicted octanol–water partition coefficient (Wildman–Crippen LogP) is 3.37. The van der Waals surface area contributed by atoms with Gasteiger partial charge >= 0.3 is 0 Å². The Kier molecular flexibility index (Phi) is 2.57. The van der Waals surface area contributed by atoms with E-state index in [2.05, 4.69) is 31.8 Å². The minimum absolute atomic E-state index is 0.618. The lowest BCUT2D eigenvalue weighted by Crippen LogP contribution is -2.26. The molecule has 0 spiro atoms. The Hall–Kier alpha value is -1.22. The lowest BCUT2D eigenvalue weighted by molar-refractivity contribution is 0.0923. The molecule has 0 bridgehead atoms. The molecule has 0 saturated carbocycles. The van der Waals surface area contributed by atoms with Crippen molar-refractivity contribution in [1.29, 1.82) is 0 Å². The zero-order valence-corrected chi connectivity index (χ0v) is 10.4. The zero-order chi connectivity index (χ0) is 10.9. The van der Waals surface area contributed by atoms with E-state index in [-0.39, 0.29) is 0 Å². The Morgan fingerprint density at radius 2 is 1.93 bits per heavy atom. The molecule has 0 atom stereocenters. The SMILES string of the molecule is C[Si](C)(C)OC1=Cc2ccccc2CO1. The lowest BCUT2D eigenvalue weighted by atomic mass is 10.1. The highest BCUT2D eigenvalue weighted by Gasteiger charge is 2.20. The molecule has 1 aliphatic heterocycles. The number of ether oxygens (including phenoxy) is 1. The fourth-order valence-corrected chi connectivity index (χ4v) is 2.21. The monoisotopic (exact) mass is 220 g/mol. The second-order valence-corrected chi connectivity index (χ2v) is 9.09. The van der Waals surface area contributed by atoms with E-state index in [1.54, 1.807) is 0 Å². The predicted molar refractivity (Wildman–Crippen MR) is 63.6 cm³/mol. The Morgan fingerprint density at radius 3 is 2.67 bits per heavy atom. The molecule has 0 radical (unpaired) electrons. The van der Waals surface area contributed by atoms with Gasteiger partial charge in [-0.2, -0.15) is 0 Å². The molecule has 0 aromatic heterocycles. The van der Waals surface area contributed by atoms with Crippen molar-refractivity contribution in [3.8, 4) is 0 Å². The third kappa shape index (κ3) is 2.62. The van der Waals surface area contributed by atoms with Gasteiger partial charge in [-0.3, -0.25) is 0 Å². The second kappa shape index (κ2) is 3.74. The maximum atomic E-state index is 5.81. The van der Waals surface area contributed by atoms with E-state index in [0.29, 0.717) is 12.6 Å². The van der Waals surface area contributed by atoms with Gasteiger partial charge < -0.3 is 9.16 Å². The summed E-state index contributed by atoms with van der Waals surface area (Å²) in [6, 6.07) is 8.23. The first-order valence-corrected chi connectivity index (χ1v) is 8.57. The summed E-state index contributed by atoms with van der Waals surface area (Å²) >= 11 is 0.